The van der Waals surface area contributed by atoms with Gasteiger partial charge in [-0.2, -0.15) is 5.26 Å². The number of hydrogen-bond donors (Lipinski definition) is 1. The van der Waals surface area contributed by atoms with Crippen molar-refractivity contribution in [3.8, 4) is 6.07 Å². The fourth-order valence-electron chi connectivity index (χ4n) is 5.41. The van der Waals surface area contributed by atoms with Crippen LogP contribution in [0, 0.1) is 11.3 Å². The quantitative estimate of drug-likeness (QED) is 0.577. The third kappa shape index (κ3) is 4.20. The van der Waals surface area contributed by atoms with Crippen molar-refractivity contribution in [2.45, 2.75) is 61.3 Å². The SMILES string of the molecule is C[C@@H](c1cccc(S(=O)(=O)N(C)C)c1)N1C(=O)[C@H]2CC1CN2C[C@H](N)C(=O)N1CCC[C@H]1C#N. The summed E-state index contributed by atoms with van der Waals surface area (Å²) in [6, 6.07) is 7.05. The van der Waals surface area contributed by atoms with Crippen molar-refractivity contribution in [2.75, 3.05) is 33.7 Å². The lowest BCUT2D eigenvalue weighted by Crippen LogP contribution is -2.56. The van der Waals surface area contributed by atoms with E-state index < -0.39 is 22.1 Å². The van der Waals surface area contributed by atoms with E-state index in [2.05, 4.69) is 6.07 Å². The van der Waals surface area contributed by atoms with E-state index in [0.29, 0.717) is 25.9 Å². The average molecular weight is 489 g/mol. The minimum atomic E-state index is -3.57. The molecule has 5 atom stereocenters. The van der Waals surface area contributed by atoms with Crippen LogP contribution in [0.4, 0.5) is 0 Å². The predicted octanol–water partition coefficient (Wildman–Crippen LogP) is 0.125. The Labute approximate surface area is 200 Å². The number of likely N-dealkylation sites (tertiary alicyclic amines) is 3. The molecular weight excluding hydrogens is 456 g/mol. The monoisotopic (exact) mass is 488 g/mol. The van der Waals surface area contributed by atoms with Gasteiger partial charge in [-0.3, -0.25) is 14.5 Å². The minimum Gasteiger partial charge on any atom is -0.330 e. The van der Waals surface area contributed by atoms with Crippen LogP contribution < -0.4 is 5.73 Å². The molecular formula is C23H32N6O4S. The highest BCUT2D eigenvalue weighted by molar-refractivity contribution is 7.89. The zero-order valence-electron chi connectivity index (χ0n) is 19.8. The highest BCUT2D eigenvalue weighted by Crippen LogP contribution is 2.38. The summed E-state index contributed by atoms with van der Waals surface area (Å²) in [5, 5.41) is 9.25. The second-order valence-corrected chi connectivity index (χ2v) is 11.7. The second-order valence-electron chi connectivity index (χ2n) is 9.57. The number of carbonyl (C=O) groups is 2. The highest BCUT2D eigenvalue weighted by atomic mass is 32.2. The molecule has 3 aliphatic heterocycles. The van der Waals surface area contributed by atoms with Crippen molar-refractivity contribution in [1.29, 1.82) is 5.26 Å². The smallest absolute Gasteiger partial charge is 0.242 e. The lowest BCUT2D eigenvalue weighted by atomic mass is 10.1. The van der Waals surface area contributed by atoms with Crippen LogP contribution in [0.1, 0.15) is 37.8 Å². The number of benzene rings is 1. The van der Waals surface area contributed by atoms with E-state index in [-0.39, 0.29) is 41.4 Å². The third-order valence-corrected chi connectivity index (χ3v) is 9.10. The summed E-state index contributed by atoms with van der Waals surface area (Å²) in [7, 11) is -0.595. The van der Waals surface area contributed by atoms with Gasteiger partial charge in [-0.05, 0) is 43.9 Å². The Morgan fingerprint density at radius 3 is 2.74 bits per heavy atom. The number of carbonyl (C=O) groups excluding carboxylic acids is 2. The van der Waals surface area contributed by atoms with Gasteiger partial charge in [0.15, 0.2) is 0 Å². The van der Waals surface area contributed by atoms with E-state index in [1.807, 2.05) is 22.8 Å². The molecule has 2 bridgehead atoms. The Morgan fingerprint density at radius 1 is 1.35 bits per heavy atom. The molecule has 3 aliphatic rings. The van der Waals surface area contributed by atoms with Gasteiger partial charge in [0.2, 0.25) is 21.8 Å². The molecule has 1 unspecified atom stereocenters. The predicted molar refractivity (Wildman–Crippen MR) is 125 cm³/mol. The lowest BCUT2D eigenvalue weighted by Gasteiger charge is -2.38. The highest BCUT2D eigenvalue weighted by Gasteiger charge is 2.51. The summed E-state index contributed by atoms with van der Waals surface area (Å²) in [4.78, 5) is 31.6. The molecule has 34 heavy (non-hydrogen) atoms. The Hall–Kier alpha value is -2.52. The first-order chi connectivity index (χ1) is 16.1. The second kappa shape index (κ2) is 9.26. The van der Waals surface area contributed by atoms with Crippen LogP contribution in [-0.2, 0) is 19.6 Å². The molecule has 0 radical (unpaired) electrons. The number of sulfonamides is 1. The van der Waals surface area contributed by atoms with Crippen molar-refractivity contribution >= 4 is 21.8 Å². The maximum atomic E-state index is 13.3. The number of piperazine rings is 1. The molecule has 10 nitrogen and oxygen atoms in total. The molecule has 0 saturated carbocycles. The molecule has 1 aromatic rings. The molecule has 4 rings (SSSR count). The van der Waals surface area contributed by atoms with Crippen molar-refractivity contribution in [2.24, 2.45) is 5.73 Å². The fourth-order valence-corrected chi connectivity index (χ4v) is 6.37. The van der Waals surface area contributed by atoms with Gasteiger partial charge in [0.25, 0.3) is 0 Å². The van der Waals surface area contributed by atoms with Crippen LogP contribution in [-0.4, -0.2) is 97.1 Å². The van der Waals surface area contributed by atoms with Gasteiger partial charge in [0.1, 0.15) is 6.04 Å². The summed E-state index contributed by atoms with van der Waals surface area (Å²) >= 11 is 0. The first-order valence-electron chi connectivity index (χ1n) is 11.6. The zero-order chi connectivity index (χ0) is 24.8. The number of hydrogen-bond acceptors (Lipinski definition) is 7. The maximum absolute atomic E-state index is 13.3. The van der Waals surface area contributed by atoms with Crippen molar-refractivity contribution < 1.29 is 18.0 Å². The van der Waals surface area contributed by atoms with Crippen LogP contribution in [0.25, 0.3) is 0 Å². The van der Waals surface area contributed by atoms with Gasteiger partial charge in [0, 0.05) is 39.8 Å². The summed E-state index contributed by atoms with van der Waals surface area (Å²) < 4.78 is 26.2. The molecule has 0 aliphatic carbocycles. The van der Waals surface area contributed by atoms with E-state index in [1.165, 1.54) is 18.4 Å². The van der Waals surface area contributed by atoms with Gasteiger partial charge in [-0.25, -0.2) is 12.7 Å². The van der Waals surface area contributed by atoms with Gasteiger partial charge < -0.3 is 15.5 Å². The minimum absolute atomic E-state index is 0.0254. The van der Waals surface area contributed by atoms with Gasteiger partial charge in [-0.15, -0.1) is 0 Å². The van der Waals surface area contributed by atoms with Crippen molar-refractivity contribution in [3.05, 3.63) is 29.8 Å². The van der Waals surface area contributed by atoms with Crippen LogP contribution in [0.15, 0.2) is 29.2 Å². The van der Waals surface area contributed by atoms with E-state index in [0.717, 1.165) is 12.0 Å². The van der Waals surface area contributed by atoms with Crippen LogP contribution in [0.2, 0.25) is 0 Å². The van der Waals surface area contributed by atoms with Crippen LogP contribution in [0.5, 0.6) is 0 Å². The van der Waals surface area contributed by atoms with Gasteiger partial charge >= 0.3 is 0 Å². The van der Waals surface area contributed by atoms with Crippen molar-refractivity contribution in [1.82, 2.24) is 19.0 Å². The number of nitriles is 1. The third-order valence-electron chi connectivity index (χ3n) is 7.28. The van der Waals surface area contributed by atoms with Gasteiger partial charge in [-0.1, -0.05) is 12.1 Å². The first kappa shape index (κ1) is 24.6. The topological polar surface area (TPSA) is 131 Å². The lowest BCUT2D eigenvalue weighted by molar-refractivity contribution is -0.141. The Balaban J connectivity index is 1.43. The number of fused-ring (bicyclic) bond motifs is 2. The Bertz CT molecular complexity index is 1120. The maximum Gasteiger partial charge on any atom is 0.242 e. The molecule has 3 saturated heterocycles. The van der Waals surface area contributed by atoms with E-state index in [9.17, 15) is 23.3 Å². The Kier molecular flexibility index (Phi) is 6.70. The van der Waals surface area contributed by atoms with Gasteiger partial charge in [0.05, 0.1) is 29.1 Å². The number of nitrogens with two attached hydrogens (primary N) is 1. The summed E-state index contributed by atoms with van der Waals surface area (Å²) in [6.45, 7) is 3.34. The number of amides is 2. The summed E-state index contributed by atoms with van der Waals surface area (Å²) in [5.41, 5.74) is 6.97. The molecule has 184 valence electrons. The molecule has 0 spiro atoms. The van der Waals surface area contributed by atoms with E-state index >= 15 is 0 Å². The van der Waals surface area contributed by atoms with Crippen LogP contribution in [0.3, 0.4) is 0 Å². The van der Waals surface area contributed by atoms with E-state index in [1.54, 1.807) is 23.1 Å². The molecule has 2 N–H and O–H groups in total. The first-order valence-corrected chi connectivity index (χ1v) is 13.0. The fraction of sp³-hybridized carbons (Fsp3) is 0.609. The number of nitrogens with zero attached hydrogens (tertiary/aromatic N) is 5. The molecule has 2 amide bonds. The number of rotatable bonds is 7. The standard InChI is InChI=1S/C23H32N6O4S/c1-15(16-6-4-8-19(10-16)34(32,33)26(2)3)29-18-11-21(23(29)31)27(13-18)14-20(25)22(30)28-9-5-7-17(28)12-24/h4,6,8,10,15,17-18,20-21H,5,7,9,11,13-14,25H2,1-3H3/t15-,17-,18?,20-,21+/m0/s1. The zero-order valence-corrected chi connectivity index (χ0v) is 20.6. The molecule has 3 heterocycles. The molecule has 11 heteroatoms. The molecule has 0 aromatic heterocycles. The summed E-state index contributed by atoms with van der Waals surface area (Å²) in [6.07, 6.45) is 2.13. The largest absolute Gasteiger partial charge is 0.330 e. The average Bonchev–Trinajstić information content (AvgIpc) is 3.52. The Morgan fingerprint density at radius 2 is 2.09 bits per heavy atom. The van der Waals surface area contributed by atoms with Crippen LogP contribution >= 0.6 is 0 Å². The van der Waals surface area contributed by atoms with Crippen molar-refractivity contribution in [3.63, 3.8) is 0 Å². The molecule has 1 aromatic carbocycles. The van der Waals surface area contributed by atoms with E-state index in [4.69, 9.17) is 5.73 Å². The summed E-state index contributed by atoms with van der Waals surface area (Å²) in [5.74, 6) is -0.260. The molecule has 3 fully saturated rings. The normalized spacial score (nSPS) is 26.8.